The maximum Gasteiger partial charge on any atom is 0.243 e. The van der Waals surface area contributed by atoms with E-state index in [9.17, 15) is 8.42 Å². The molecule has 1 fully saturated rings. The number of rotatable bonds is 5. The molecule has 0 amide bonds. The highest BCUT2D eigenvalue weighted by atomic mass is 35.5. The van der Waals surface area contributed by atoms with E-state index in [1.807, 2.05) is 13.8 Å². The summed E-state index contributed by atoms with van der Waals surface area (Å²) in [5.74, 6) is 1.23. The lowest BCUT2D eigenvalue weighted by atomic mass is 10.2. The van der Waals surface area contributed by atoms with Crippen LogP contribution in [-0.2, 0) is 16.4 Å². The van der Waals surface area contributed by atoms with Crippen molar-refractivity contribution >= 4 is 33.2 Å². The topological polar surface area (TPSA) is 79.5 Å². The van der Waals surface area contributed by atoms with Crippen molar-refractivity contribution in [2.24, 2.45) is 0 Å². The van der Waals surface area contributed by atoms with Gasteiger partial charge in [-0.1, -0.05) is 35.3 Å². The molecule has 2 aromatic rings. The van der Waals surface area contributed by atoms with Gasteiger partial charge in [-0.2, -0.15) is 9.29 Å². The molecule has 1 aromatic heterocycles. The number of piperazine rings is 1. The summed E-state index contributed by atoms with van der Waals surface area (Å²) < 4.78 is 32.4. The van der Waals surface area contributed by atoms with E-state index in [1.165, 1.54) is 22.5 Å². The van der Waals surface area contributed by atoms with Gasteiger partial charge in [-0.3, -0.25) is 4.90 Å². The first kappa shape index (κ1) is 19.6. The van der Waals surface area contributed by atoms with Crippen molar-refractivity contribution < 1.29 is 12.9 Å². The average molecular weight is 419 g/mol. The van der Waals surface area contributed by atoms with Crippen molar-refractivity contribution in [3.8, 4) is 0 Å². The number of aryl methyl sites for hydroxylation is 1. The third-order valence-corrected chi connectivity index (χ3v) is 7.14. The molecule has 1 unspecified atom stereocenters. The molecule has 1 aliphatic heterocycles. The Balaban J connectivity index is 1.68. The minimum absolute atomic E-state index is 0.0577. The number of halogens is 2. The van der Waals surface area contributed by atoms with Crippen LogP contribution >= 0.6 is 23.2 Å². The second-order valence-electron chi connectivity index (χ2n) is 6.09. The molecule has 1 aromatic carbocycles. The molecule has 26 heavy (non-hydrogen) atoms. The minimum Gasteiger partial charge on any atom is -0.338 e. The van der Waals surface area contributed by atoms with Gasteiger partial charge in [0.05, 0.1) is 21.0 Å². The highest BCUT2D eigenvalue weighted by molar-refractivity contribution is 7.89. The Morgan fingerprint density at radius 3 is 2.46 bits per heavy atom. The lowest BCUT2D eigenvalue weighted by Gasteiger charge is -2.36. The Labute approximate surface area is 162 Å². The van der Waals surface area contributed by atoms with Gasteiger partial charge >= 0.3 is 0 Å². The van der Waals surface area contributed by atoms with Crippen LogP contribution in [0.15, 0.2) is 27.6 Å². The van der Waals surface area contributed by atoms with Gasteiger partial charge in [0.15, 0.2) is 5.82 Å². The van der Waals surface area contributed by atoms with E-state index in [-0.39, 0.29) is 16.0 Å². The Kier molecular flexibility index (Phi) is 5.88. The quantitative estimate of drug-likeness (QED) is 0.742. The second-order valence-corrected chi connectivity index (χ2v) is 8.85. The highest BCUT2D eigenvalue weighted by Gasteiger charge is 2.32. The number of sulfonamides is 1. The molecule has 0 saturated carbocycles. The molecule has 3 rings (SSSR count). The molecule has 0 aliphatic carbocycles. The zero-order valence-electron chi connectivity index (χ0n) is 14.5. The van der Waals surface area contributed by atoms with Crippen LogP contribution in [0.3, 0.4) is 0 Å². The van der Waals surface area contributed by atoms with Gasteiger partial charge in [-0.05, 0) is 25.1 Å². The molecule has 142 valence electrons. The van der Waals surface area contributed by atoms with Crippen LogP contribution in [0.4, 0.5) is 0 Å². The van der Waals surface area contributed by atoms with Crippen molar-refractivity contribution in [2.45, 2.75) is 31.2 Å². The SMILES string of the molecule is CCc1noc(C(C)N2CCN(S(=O)(=O)c3ccc(Cl)c(Cl)c3)CC2)n1. The van der Waals surface area contributed by atoms with E-state index in [2.05, 4.69) is 15.0 Å². The van der Waals surface area contributed by atoms with Gasteiger partial charge in [0.25, 0.3) is 0 Å². The molecule has 0 N–H and O–H groups in total. The molecule has 0 spiro atoms. The Hall–Kier alpha value is -1.19. The number of hydrogen-bond donors (Lipinski definition) is 0. The summed E-state index contributed by atoms with van der Waals surface area (Å²) in [6, 6.07) is 4.30. The highest BCUT2D eigenvalue weighted by Crippen LogP contribution is 2.28. The van der Waals surface area contributed by atoms with Crippen molar-refractivity contribution in [1.29, 1.82) is 0 Å². The zero-order valence-corrected chi connectivity index (χ0v) is 16.9. The molecule has 1 atom stereocenters. The molecular weight excluding hydrogens is 399 g/mol. The normalized spacial score (nSPS) is 18.2. The molecule has 2 heterocycles. The van der Waals surface area contributed by atoms with Crippen molar-refractivity contribution in [1.82, 2.24) is 19.3 Å². The van der Waals surface area contributed by atoms with Crippen LogP contribution in [-0.4, -0.2) is 53.9 Å². The molecule has 7 nitrogen and oxygen atoms in total. The fourth-order valence-corrected chi connectivity index (χ4v) is 4.67. The molecule has 10 heteroatoms. The summed E-state index contributed by atoms with van der Waals surface area (Å²) in [6.07, 6.45) is 0.714. The van der Waals surface area contributed by atoms with Crippen LogP contribution in [0.2, 0.25) is 10.0 Å². The predicted molar refractivity (Wildman–Crippen MR) is 98.9 cm³/mol. The fraction of sp³-hybridized carbons (Fsp3) is 0.500. The van der Waals surface area contributed by atoms with Gasteiger partial charge in [0.2, 0.25) is 15.9 Å². The largest absolute Gasteiger partial charge is 0.338 e. The van der Waals surface area contributed by atoms with E-state index >= 15 is 0 Å². The summed E-state index contributed by atoms with van der Waals surface area (Å²) >= 11 is 11.8. The Bertz CT molecular complexity index is 879. The summed E-state index contributed by atoms with van der Waals surface area (Å²) in [7, 11) is -3.60. The maximum absolute atomic E-state index is 12.8. The monoisotopic (exact) mass is 418 g/mol. The van der Waals surface area contributed by atoms with E-state index in [0.717, 1.165) is 0 Å². The van der Waals surface area contributed by atoms with Gasteiger partial charge in [-0.15, -0.1) is 0 Å². The van der Waals surface area contributed by atoms with Crippen LogP contribution in [0.1, 0.15) is 31.6 Å². The van der Waals surface area contributed by atoms with Gasteiger partial charge < -0.3 is 4.52 Å². The molecular formula is C16H20Cl2N4O3S. The number of benzene rings is 1. The first-order valence-electron chi connectivity index (χ1n) is 8.34. The third kappa shape index (κ3) is 3.89. The second kappa shape index (κ2) is 7.82. The first-order chi connectivity index (χ1) is 12.3. The molecule has 1 saturated heterocycles. The Morgan fingerprint density at radius 2 is 1.88 bits per heavy atom. The van der Waals surface area contributed by atoms with E-state index in [0.29, 0.717) is 49.3 Å². The van der Waals surface area contributed by atoms with Gasteiger partial charge in [0.1, 0.15) is 0 Å². The lowest BCUT2D eigenvalue weighted by molar-refractivity contribution is 0.124. The smallest absolute Gasteiger partial charge is 0.243 e. The average Bonchev–Trinajstić information content (AvgIpc) is 3.12. The number of aromatic nitrogens is 2. The van der Waals surface area contributed by atoms with Crippen LogP contribution in [0, 0.1) is 0 Å². The molecule has 1 aliphatic rings. The lowest BCUT2D eigenvalue weighted by Crippen LogP contribution is -2.49. The number of hydrogen-bond acceptors (Lipinski definition) is 6. The van der Waals surface area contributed by atoms with Crippen molar-refractivity contribution in [3.05, 3.63) is 40.0 Å². The summed E-state index contributed by atoms with van der Waals surface area (Å²) in [5.41, 5.74) is 0. The zero-order chi connectivity index (χ0) is 18.9. The maximum atomic E-state index is 12.8. The van der Waals surface area contributed by atoms with E-state index < -0.39 is 10.0 Å². The van der Waals surface area contributed by atoms with Crippen molar-refractivity contribution in [3.63, 3.8) is 0 Å². The van der Waals surface area contributed by atoms with E-state index in [4.69, 9.17) is 27.7 Å². The van der Waals surface area contributed by atoms with Crippen LogP contribution in [0.5, 0.6) is 0 Å². The summed E-state index contributed by atoms with van der Waals surface area (Å²) in [5, 5.41) is 4.47. The third-order valence-electron chi connectivity index (χ3n) is 4.51. The standard InChI is InChI=1S/C16H20Cl2N4O3S/c1-3-15-19-16(25-20-15)11(2)21-6-8-22(9-7-21)26(23,24)12-4-5-13(17)14(18)10-12/h4-5,10-11H,3,6-9H2,1-2H3. The fourth-order valence-electron chi connectivity index (χ4n) is 2.85. The molecule has 0 bridgehead atoms. The Morgan fingerprint density at radius 1 is 1.19 bits per heavy atom. The predicted octanol–water partition coefficient (Wildman–Crippen LogP) is 3.01. The molecule has 0 radical (unpaired) electrons. The van der Waals surface area contributed by atoms with Crippen LogP contribution < -0.4 is 0 Å². The summed E-state index contributed by atoms with van der Waals surface area (Å²) in [6.45, 7) is 5.85. The minimum atomic E-state index is -3.60. The van der Waals surface area contributed by atoms with E-state index in [1.54, 1.807) is 0 Å². The summed E-state index contributed by atoms with van der Waals surface area (Å²) in [4.78, 5) is 6.64. The first-order valence-corrected chi connectivity index (χ1v) is 10.5. The van der Waals surface area contributed by atoms with Gasteiger partial charge in [0, 0.05) is 32.6 Å². The van der Waals surface area contributed by atoms with Crippen molar-refractivity contribution in [2.75, 3.05) is 26.2 Å². The van der Waals surface area contributed by atoms with Gasteiger partial charge in [-0.25, -0.2) is 8.42 Å². The number of nitrogens with zero attached hydrogens (tertiary/aromatic N) is 4. The van der Waals surface area contributed by atoms with Crippen LogP contribution in [0.25, 0.3) is 0 Å².